The lowest BCUT2D eigenvalue weighted by Gasteiger charge is -2.30. The van der Waals surface area contributed by atoms with Gasteiger partial charge in [-0.25, -0.2) is 4.99 Å². The minimum absolute atomic E-state index is 0. The van der Waals surface area contributed by atoms with Gasteiger partial charge >= 0.3 is 0 Å². The molecule has 8 heteroatoms. The lowest BCUT2D eigenvalue weighted by molar-refractivity contribution is -0.119. The number of carbonyl (C=O) groups excluding carboxylic acids is 1. The van der Waals surface area contributed by atoms with Crippen LogP contribution >= 0.6 is 24.0 Å². The van der Waals surface area contributed by atoms with Crippen molar-refractivity contribution in [2.24, 2.45) is 4.99 Å². The fraction of sp³-hybridized carbons (Fsp3) is 0.875. The summed E-state index contributed by atoms with van der Waals surface area (Å²) in [6.07, 6.45) is 6.30. The zero-order chi connectivity index (χ0) is 16.7. The first-order valence-electron chi connectivity index (χ1n) is 8.83. The number of hydrogen-bond acceptors (Lipinski definition) is 3. The van der Waals surface area contributed by atoms with E-state index >= 15 is 0 Å². The summed E-state index contributed by atoms with van der Waals surface area (Å²) in [6.45, 7) is 4.91. The molecule has 140 valence electrons. The number of guanidine groups is 1. The Morgan fingerprint density at radius 3 is 2.50 bits per heavy atom. The third kappa shape index (κ3) is 7.67. The van der Waals surface area contributed by atoms with E-state index in [9.17, 15) is 9.00 Å². The van der Waals surface area contributed by atoms with E-state index in [1.54, 1.807) is 0 Å². The molecule has 6 nitrogen and oxygen atoms in total. The molecule has 0 aromatic carbocycles. The third-order valence-corrected chi connectivity index (χ3v) is 6.03. The Labute approximate surface area is 164 Å². The van der Waals surface area contributed by atoms with Crippen molar-refractivity contribution in [1.29, 1.82) is 0 Å². The molecule has 0 aliphatic heterocycles. The van der Waals surface area contributed by atoms with E-state index in [0.717, 1.165) is 50.8 Å². The van der Waals surface area contributed by atoms with Gasteiger partial charge in [-0.05, 0) is 39.0 Å². The fourth-order valence-corrected chi connectivity index (χ4v) is 4.26. The van der Waals surface area contributed by atoms with Gasteiger partial charge in [0, 0.05) is 40.4 Å². The fourth-order valence-electron chi connectivity index (χ4n) is 2.92. The molecule has 2 saturated carbocycles. The van der Waals surface area contributed by atoms with Crippen LogP contribution in [-0.4, -0.2) is 52.3 Å². The highest BCUT2D eigenvalue weighted by Crippen LogP contribution is 2.23. The van der Waals surface area contributed by atoms with Crippen LogP contribution in [0.3, 0.4) is 0 Å². The Morgan fingerprint density at radius 1 is 1.12 bits per heavy atom. The SMILES string of the molecule is CCNC(=NCC(=O)NC1CC1)NC1CCCC(S(=O)CC)C1.I. The van der Waals surface area contributed by atoms with Crippen LogP contribution in [0, 0.1) is 0 Å². The van der Waals surface area contributed by atoms with Gasteiger partial charge < -0.3 is 16.0 Å². The standard InChI is InChI=1S/C16H30N4O2S.HI/c1-3-17-16(18-11-15(21)19-12-8-9-12)20-13-6-5-7-14(10-13)23(22)4-2;/h12-14H,3-11H2,1-2H3,(H,19,21)(H2,17,18,20);1H. The molecule has 3 unspecified atom stereocenters. The molecule has 0 aromatic heterocycles. The van der Waals surface area contributed by atoms with E-state index in [2.05, 4.69) is 20.9 Å². The first kappa shape index (κ1) is 21.7. The predicted molar refractivity (Wildman–Crippen MR) is 110 cm³/mol. The normalized spacial score (nSPS) is 25.3. The Balaban J connectivity index is 0.00000288. The monoisotopic (exact) mass is 470 g/mol. The predicted octanol–water partition coefficient (Wildman–Crippen LogP) is 1.52. The Kier molecular flexibility index (Phi) is 10.2. The molecule has 3 N–H and O–H groups in total. The van der Waals surface area contributed by atoms with E-state index in [1.807, 2.05) is 13.8 Å². The smallest absolute Gasteiger partial charge is 0.242 e. The van der Waals surface area contributed by atoms with Crippen LogP contribution in [-0.2, 0) is 15.6 Å². The van der Waals surface area contributed by atoms with Gasteiger partial charge in [-0.3, -0.25) is 9.00 Å². The summed E-state index contributed by atoms with van der Waals surface area (Å²) in [6, 6.07) is 0.657. The van der Waals surface area contributed by atoms with Crippen molar-refractivity contribution in [3.8, 4) is 0 Å². The summed E-state index contributed by atoms with van der Waals surface area (Å²) in [7, 11) is -0.728. The van der Waals surface area contributed by atoms with Crippen molar-refractivity contribution < 1.29 is 9.00 Å². The number of aliphatic imine (C=N–C) groups is 1. The summed E-state index contributed by atoms with van der Waals surface area (Å²) in [5.41, 5.74) is 0. The van der Waals surface area contributed by atoms with Crippen LogP contribution in [0.25, 0.3) is 0 Å². The van der Waals surface area contributed by atoms with Gasteiger partial charge in [-0.1, -0.05) is 13.3 Å². The molecule has 0 aromatic rings. The average Bonchev–Trinajstić information content (AvgIpc) is 3.36. The number of nitrogens with one attached hydrogen (secondary N) is 3. The van der Waals surface area contributed by atoms with Crippen molar-refractivity contribution in [2.45, 2.75) is 69.7 Å². The van der Waals surface area contributed by atoms with Crippen molar-refractivity contribution in [2.75, 3.05) is 18.8 Å². The molecule has 24 heavy (non-hydrogen) atoms. The van der Waals surface area contributed by atoms with Gasteiger partial charge in [0.2, 0.25) is 5.91 Å². The van der Waals surface area contributed by atoms with E-state index in [0.29, 0.717) is 12.0 Å². The summed E-state index contributed by atoms with van der Waals surface area (Å²) in [5.74, 6) is 1.40. The molecule has 2 aliphatic carbocycles. The van der Waals surface area contributed by atoms with Gasteiger partial charge in [-0.15, -0.1) is 24.0 Å². The largest absolute Gasteiger partial charge is 0.357 e. The lowest BCUT2D eigenvalue weighted by atomic mass is 9.95. The van der Waals surface area contributed by atoms with E-state index < -0.39 is 10.8 Å². The van der Waals surface area contributed by atoms with Crippen LogP contribution in [0.5, 0.6) is 0 Å². The Hall–Kier alpha value is -0.380. The number of nitrogens with zero attached hydrogens (tertiary/aromatic N) is 1. The molecule has 2 aliphatic rings. The second-order valence-electron chi connectivity index (χ2n) is 6.34. The second kappa shape index (κ2) is 11.3. The minimum Gasteiger partial charge on any atom is -0.357 e. The molecule has 2 rings (SSSR count). The molecule has 0 bridgehead atoms. The van der Waals surface area contributed by atoms with Crippen molar-refractivity contribution >= 4 is 46.6 Å². The van der Waals surface area contributed by atoms with Gasteiger partial charge in [-0.2, -0.15) is 0 Å². The maximum absolute atomic E-state index is 12.0. The molecule has 2 fully saturated rings. The second-order valence-corrected chi connectivity index (χ2v) is 8.34. The first-order valence-corrected chi connectivity index (χ1v) is 10.2. The summed E-state index contributed by atoms with van der Waals surface area (Å²) in [5, 5.41) is 9.84. The number of halogens is 1. The lowest BCUT2D eigenvalue weighted by Crippen LogP contribution is -2.47. The average molecular weight is 470 g/mol. The molecule has 1 amide bonds. The first-order chi connectivity index (χ1) is 11.1. The molecular weight excluding hydrogens is 439 g/mol. The van der Waals surface area contributed by atoms with Crippen LogP contribution < -0.4 is 16.0 Å². The van der Waals surface area contributed by atoms with Crippen LogP contribution in [0.2, 0.25) is 0 Å². The molecule has 0 heterocycles. The minimum atomic E-state index is -0.728. The van der Waals surface area contributed by atoms with Crippen molar-refractivity contribution in [1.82, 2.24) is 16.0 Å². The number of hydrogen-bond donors (Lipinski definition) is 3. The molecule has 3 atom stereocenters. The van der Waals surface area contributed by atoms with E-state index in [4.69, 9.17) is 0 Å². The van der Waals surface area contributed by atoms with Crippen molar-refractivity contribution in [3.63, 3.8) is 0 Å². The zero-order valence-electron chi connectivity index (χ0n) is 14.7. The Bertz CT molecular complexity index is 457. The van der Waals surface area contributed by atoms with E-state index in [-0.39, 0.29) is 47.7 Å². The molecule has 0 saturated heterocycles. The summed E-state index contributed by atoms with van der Waals surface area (Å²) >= 11 is 0. The quantitative estimate of drug-likeness (QED) is 0.300. The summed E-state index contributed by atoms with van der Waals surface area (Å²) in [4.78, 5) is 16.1. The third-order valence-electron chi connectivity index (χ3n) is 4.29. The number of carbonyl (C=O) groups is 1. The van der Waals surface area contributed by atoms with Gasteiger partial charge in [0.05, 0.1) is 0 Å². The van der Waals surface area contributed by atoms with Gasteiger partial charge in [0.1, 0.15) is 6.54 Å². The number of amides is 1. The maximum atomic E-state index is 12.0. The van der Waals surface area contributed by atoms with Crippen molar-refractivity contribution in [3.05, 3.63) is 0 Å². The Morgan fingerprint density at radius 2 is 1.88 bits per heavy atom. The highest BCUT2D eigenvalue weighted by atomic mass is 127. The molecule has 0 spiro atoms. The summed E-state index contributed by atoms with van der Waals surface area (Å²) < 4.78 is 12.0. The highest BCUT2D eigenvalue weighted by molar-refractivity contribution is 14.0. The molecule has 0 radical (unpaired) electrons. The van der Waals surface area contributed by atoms with Crippen LogP contribution in [0.4, 0.5) is 0 Å². The highest BCUT2D eigenvalue weighted by Gasteiger charge is 2.26. The van der Waals surface area contributed by atoms with Gasteiger partial charge in [0.15, 0.2) is 5.96 Å². The topological polar surface area (TPSA) is 82.6 Å². The van der Waals surface area contributed by atoms with E-state index in [1.165, 1.54) is 0 Å². The zero-order valence-corrected chi connectivity index (χ0v) is 17.8. The molecular formula is C16H31IN4O2S. The van der Waals surface area contributed by atoms with Crippen LogP contribution in [0.15, 0.2) is 4.99 Å². The number of rotatable bonds is 7. The maximum Gasteiger partial charge on any atom is 0.242 e. The van der Waals surface area contributed by atoms with Crippen LogP contribution in [0.1, 0.15) is 52.4 Å². The van der Waals surface area contributed by atoms with Gasteiger partial charge in [0.25, 0.3) is 0 Å².